The van der Waals surface area contributed by atoms with Crippen molar-refractivity contribution in [3.8, 4) is 0 Å². The van der Waals surface area contributed by atoms with Crippen LogP contribution >= 0.6 is 0 Å². The Kier molecular flexibility index (Phi) is 10.9. The van der Waals surface area contributed by atoms with Gasteiger partial charge in [-0.1, -0.05) is 23.8 Å². The second-order valence-electron chi connectivity index (χ2n) is 8.69. The molecule has 2 atom stereocenters. The van der Waals surface area contributed by atoms with E-state index in [0.717, 1.165) is 10.5 Å². The lowest BCUT2D eigenvalue weighted by Crippen LogP contribution is -2.55. The standard InChI is InChI=1S/C23H35N3O8/c1-14-7-8-15(2)16(11-14)19(20(30)24-12-18(29)33-6)26(9-10-27)21(31)17(13-28)25-22(32)34-23(3,4)5/h7-8,11,17,19,27-28H,9-10,12-13H2,1-6H3,(H,24,30)(H,25,32). The molecule has 1 rings (SSSR count). The minimum atomic E-state index is -1.44. The summed E-state index contributed by atoms with van der Waals surface area (Å²) in [5, 5.41) is 24.2. The summed E-state index contributed by atoms with van der Waals surface area (Å²) in [6, 6.07) is 2.61. The fraction of sp³-hybridized carbons (Fsp3) is 0.565. The van der Waals surface area contributed by atoms with Crippen LogP contribution in [0.3, 0.4) is 0 Å². The zero-order valence-corrected chi connectivity index (χ0v) is 20.5. The minimum Gasteiger partial charge on any atom is -0.468 e. The molecule has 1 aromatic rings. The third kappa shape index (κ3) is 8.64. The number of hydrogen-bond acceptors (Lipinski definition) is 8. The highest BCUT2D eigenvalue weighted by molar-refractivity contribution is 5.93. The molecule has 0 aliphatic carbocycles. The highest BCUT2D eigenvalue weighted by atomic mass is 16.6. The molecule has 2 unspecified atom stereocenters. The van der Waals surface area contributed by atoms with Crippen LogP contribution in [0.5, 0.6) is 0 Å². The summed E-state index contributed by atoms with van der Waals surface area (Å²) in [5.74, 6) is -2.20. The van der Waals surface area contributed by atoms with Crippen molar-refractivity contribution in [3.63, 3.8) is 0 Å². The van der Waals surface area contributed by atoms with Crippen molar-refractivity contribution in [2.75, 3.05) is 33.4 Å². The van der Waals surface area contributed by atoms with E-state index in [0.29, 0.717) is 11.1 Å². The number of aliphatic hydroxyl groups excluding tert-OH is 2. The SMILES string of the molecule is COC(=O)CNC(=O)C(c1cc(C)ccc1C)N(CCO)C(=O)C(CO)NC(=O)OC(C)(C)C. The Balaban J connectivity index is 3.39. The maximum absolute atomic E-state index is 13.4. The number of ether oxygens (including phenoxy) is 2. The first-order chi connectivity index (χ1) is 15.8. The molecule has 190 valence electrons. The van der Waals surface area contributed by atoms with Crippen LogP contribution in [-0.4, -0.2) is 84.0 Å². The molecule has 0 aliphatic rings. The summed E-state index contributed by atoms with van der Waals surface area (Å²) in [6.07, 6.45) is -0.928. The van der Waals surface area contributed by atoms with Crippen LogP contribution < -0.4 is 10.6 Å². The first-order valence-electron chi connectivity index (χ1n) is 10.8. The van der Waals surface area contributed by atoms with E-state index in [-0.39, 0.29) is 6.54 Å². The Bertz CT molecular complexity index is 881. The van der Waals surface area contributed by atoms with Gasteiger partial charge < -0.3 is 35.2 Å². The number of hydrogen-bond donors (Lipinski definition) is 4. The fourth-order valence-electron chi connectivity index (χ4n) is 3.14. The molecule has 3 amide bonds. The molecular weight excluding hydrogens is 446 g/mol. The van der Waals surface area contributed by atoms with E-state index < -0.39 is 61.3 Å². The number of aryl methyl sites for hydroxylation is 2. The van der Waals surface area contributed by atoms with E-state index in [2.05, 4.69) is 15.4 Å². The fourth-order valence-corrected chi connectivity index (χ4v) is 3.14. The number of aliphatic hydroxyl groups is 2. The lowest BCUT2D eigenvalue weighted by atomic mass is 9.96. The summed E-state index contributed by atoms with van der Waals surface area (Å²) in [7, 11) is 1.17. The Hall–Kier alpha value is -3.18. The number of alkyl carbamates (subject to hydrolysis) is 1. The Morgan fingerprint density at radius 2 is 1.76 bits per heavy atom. The number of benzene rings is 1. The van der Waals surface area contributed by atoms with Gasteiger partial charge in [0.25, 0.3) is 0 Å². The Morgan fingerprint density at radius 1 is 1.12 bits per heavy atom. The van der Waals surface area contributed by atoms with Gasteiger partial charge in [-0.2, -0.15) is 0 Å². The van der Waals surface area contributed by atoms with E-state index in [4.69, 9.17) is 4.74 Å². The van der Waals surface area contributed by atoms with Crippen LogP contribution in [0.15, 0.2) is 18.2 Å². The van der Waals surface area contributed by atoms with Crippen molar-refractivity contribution < 1.29 is 38.9 Å². The highest BCUT2D eigenvalue weighted by Gasteiger charge is 2.36. The van der Waals surface area contributed by atoms with E-state index >= 15 is 0 Å². The van der Waals surface area contributed by atoms with Gasteiger partial charge in [-0.3, -0.25) is 14.4 Å². The minimum absolute atomic E-state index is 0.283. The van der Waals surface area contributed by atoms with Crippen molar-refractivity contribution in [2.24, 2.45) is 0 Å². The molecule has 0 saturated heterocycles. The molecule has 34 heavy (non-hydrogen) atoms. The van der Waals surface area contributed by atoms with Gasteiger partial charge in [0.2, 0.25) is 11.8 Å². The molecule has 0 spiro atoms. The van der Waals surface area contributed by atoms with Crippen LogP contribution in [0.1, 0.15) is 43.5 Å². The van der Waals surface area contributed by atoms with Gasteiger partial charge in [0.05, 0.1) is 20.3 Å². The highest BCUT2D eigenvalue weighted by Crippen LogP contribution is 2.26. The van der Waals surface area contributed by atoms with E-state index in [1.54, 1.807) is 39.8 Å². The molecule has 11 heteroatoms. The Labute approximate surface area is 199 Å². The van der Waals surface area contributed by atoms with Gasteiger partial charge in [0.1, 0.15) is 24.2 Å². The smallest absolute Gasteiger partial charge is 0.408 e. The first-order valence-corrected chi connectivity index (χ1v) is 10.8. The maximum atomic E-state index is 13.4. The average Bonchev–Trinajstić information content (AvgIpc) is 2.75. The van der Waals surface area contributed by atoms with Crippen LogP contribution in [0, 0.1) is 13.8 Å². The van der Waals surface area contributed by atoms with Gasteiger partial charge >= 0.3 is 12.1 Å². The van der Waals surface area contributed by atoms with Crippen molar-refractivity contribution in [1.82, 2.24) is 15.5 Å². The van der Waals surface area contributed by atoms with Crippen molar-refractivity contribution >= 4 is 23.9 Å². The predicted molar refractivity (Wildman–Crippen MR) is 123 cm³/mol. The van der Waals surface area contributed by atoms with Gasteiger partial charge in [-0.05, 0) is 45.7 Å². The summed E-state index contributed by atoms with van der Waals surface area (Å²) >= 11 is 0. The zero-order chi connectivity index (χ0) is 26.1. The van der Waals surface area contributed by atoms with Gasteiger partial charge in [-0.25, -0.2) is 4.79 Å². The number of amides is 3. The maximum Gasteiger partial charge on any atom is 0.408 e. The number of nitrogens with one attached hydrogen (secondary N) is 2. The number of methoxy groups -OCH3 is 1. The van der Waals surface area contributed by atoms with Crippen molar-refractivity contribution in [1.29, 1.82) is 0 Å². The molecule has 1 aromatic carbocycles. The monoisotopic (exact) mass is 481 g/mol. The number of rotatable bonds is 10. The van der Waals surface area contributed by atoms with E-state index in [9.17, 15) is 29.4 Å². The molecule has 11 nitrogen and oxygen atoms in total. The summed E-state index contributed by atoms with van der Waals surface area (Å²) in [4.78, 5) is 51.4. The molecule has 0 aliphatic heterocycles. The lowest BCUT2D eigenvalue weighted by Gasteiger charge is -2.34. The number of nitrogens with zero attached hydrogens (tertiary/aromatic N) is 1. The third-order valence-electron chi connectivity index (χ3n) is 4.72. The quantitative estimate of drug-likeness (QED) is 0.349. The molecule has 0 saturated carbocycles. The second kappa shape index (κ2) is 12.9. The normalized spacial score (nSPS) is 12.8. The number of carbonyl (C=O) groups is 4. The Morgan fingerprint density at radius 3 is 2.29 bits per heavy atom. The molecule has 0 heterocycles. The molecular formula is C23H35N3O8. The topological polar surface area (TPSA) is 154 Å². The van der Waals surface area contributed by atoms with Gasteiger partial charge in [0, 0.05) is 6.54 Å². The van der Waals surface area contributed by atoms with Crippen LogP contribution in [0.4, 0.5) is 4.79 Å². The zero-order valence-electron chi connectivity index (χ0n) is 20.5. The van der Waals surface area contributed by atoms with Crippen LogP contribution in [0.25, 0.3) is 0 Å². The van der Waals surface area contributed by atoms with E-state index in [1.165, 1.54) is 7.11 Å². The molecule has 4 N–H and O–H groups in total. The summed E-state index contributed by atoms with van der Waals surface area (Å²) < 4.78 is 9.71. The van der Waals surface area contributed by atoms with E-state index in [1.807, 2.05) is 13.0 Å². The summed E-state index contributed by atoms with van der Waals surface area (Å²) in [5.41, 5.74) is 1.11. The first kappa shape index (κ1) is 28.9. The predicted octanol–water partition coefficient (Wildman–Crippen LogP) is 0.340. The van der Waals surface area contributed by atoms with Crippen molar-refractivity contribution in [2.45, 2.75) is 52.3 Å². The average molecular weight is 482 g/mol. The van der Waals surface area contributed by atoms with Crippen molar-refractivity contribution in [3.05, 3.63) is 34.9 Å². The van der Waals surface area contributed by atoms with Gasteiger partial charge in [0.15, 0.2) is 0 Å². The molecule has 0 aromatic heterocycles. The second-order valence-corrected chi connectivity index (χ2v) is 8.69. The molecule has 0 fully saturated rings. The van der Waals surface area contributed by atoms with Crippen LogP contribution in [0.2, 0.25) is 0 Å². The number of esters is 1. The molecule has 0 radical (unpaired) electrons. The summed E-state index contributed by atoms with van der Waals surface area (Å²) in [6.45, 7) is 6.50. The third-order valence-corrected chi connectivity index (χ3v) is 4.72. The lowest BCUT2D eigenvalue weighted by molar-refractivity contribution is -0.145. The molecule has 0 bridgehead atoms. The number of carbonyl (C=O) groups excluding carboxylic acids is 4. The van der Waals surface area contributed by atoms with Gasteiger partial charge in [-0.15, -0.1) is 0 Å². The van der Waals surface area contributed by atoms with Crippen LogP contribution in [-0.2, 0) is 23.9 Å². The largest absolute Gasteiger partial charge is 0.468 e.